The Bertz CT molecular complexity index is 1620. The van der Waals surface area contributed by atoms with Crippen molar-refractivity contribution in [1.82, 2.24) is 0 Å². The molecule has 0 N–H and O–H groups in total. The van der Waals surface area contributed by atoms with Crippen molar-refractivity contribution in [3.63, 3.8) is 0 Å². The van der Waals surface area contributed by atoms with Gasteiger partial charge in [0, 0.05) is 28.3 Å². The van der Waals surface area contributed by atoms with Crippen molar-refractivity contribution in [2.75, 3.05) is 4.90 Å². The van der Waals surface area contributed by atoms with E-state index >= 15 is 0 Å². The average molecular weight is 471 g/mol. The minimum atomic E-state index is -0.125. The highest BCUT2D eigenvalue weighted by atomic mass is 32.2. The molecular formula is C29H18BNO3S. The van der Waals surface area contributed by atoms with Crippen molar-refractivity contribution in [1.29, 1.82) is 0 Å². The predicted octanol–water partition coefficient (Wildman–Crippen LogP) is 5.77. The molecule has 0 spiro atoms. The van der Waals surface area contributed by atoms with Gasteiger partial charge in [-0.2, -0.15) is 0 Å². The van der Waals surface area contributed by atoms with Crippen molar-refractivity contribution in [2.45, 2.75) is 23.4 Å². The molecule has 0 amide bonds. The Morgan fingerprint density at radius 2 is 1.51 bits per heavy atom. The number of hydrogen-bond donors (Lipinski definition) is 0. The fourth-order valence-electron chi connectivity index (χ4n) is 6.33. The molecule has 0 saturated carbocycles. The normalized spacial score (nSPS) is 21.4. The lowest BCUT2D eigenvalue weighted by Gasteiger charge is -2.48. The number of anilines is 2. The van der Waals surface area contributed by atoms with Crippen LogP contribution in [0.3, 0.4) is 0 Å². The van der Waals surface area contributed by atoms with Gasteiger partial charge in [-0.15, -0.1) is 0 Å². The molecule has 2 bridgehead atoms. The molecule has 35 heavy (non-hydrogen) atoms. The molecule has 6 aliphatic rings. The lowest BCUT2D eigenvalue weighted by molar-refractivity contribution is 0.271. The summed E-state index contributed by atoms with van der Waals surface area (Å²) in [5.74, 6) is 2.49. The summed E-state index contributed by atoms with van der Waals surface area (Å²) in [6.45, 7) is -0.0408. The van der Waals surface area contributed by atoms with Gasteiger partial charge in [0.05, 0.1) is 6.04 Å². The summed E-state index contributed by atoms with van der Waals surface area (Å²) in [6, 6.07) is 29.4. The van der Waals surface area contributed by atoms with E-state index in [4.69, 9.17) is 14.2 Å². The number of thioether (sulfide) groups is 1. The van der Waals surface area contributed by atoms with Gasteiger partial charge in [0.2, 0.25) is 0 Å². The Morgan fingerprint density at radius 1 is 0.800 bits per heavy atom. The van der Waals surface area contributed by atoms with Crippen LogP contribution in [0.5, 0.6) is 17.2 Å². The first-order valence-electron chi connectivity index (χ1n) is 12.0. The quantitative estimate of drug-likeness (QED) is 0.290. The third-order valence-corrected chi connectivity index (χ3v) is 8.94. The monoisotopic (exact) mass is 471 g/mol. The minimum absolute atomic E-state index is 0.0408. The molecule has 2 unspecified atom stereocenters. The topological polar surface area (TPSA) is 30.9 Å². The summed E-state index contributed by atoms with van der Waals surface area (Å²) < 4.78 is 19.9. The molecule has 4 heterocycles. The van der Waals surface area contributed by atoms with Gasteiger partial charge < -0.3 is 19.1 Å². The summed E-state index contributed by atoms with van der Waals surface area (Å²) in [6.07, 6.45) is 0.997. The molecule has 166 valence electrons. The van der Waals surface area contributed by atoms with E-state index in [0.717, 1.165) is 34.4 Å². The van der Waals surface area contributed by atoms with Gasteiger partial charge >= 0.3 is 6.71 Å². The van der Waals surface area contributed by atoms with Gasteiger partial charge in [-0.1, -0.05) is 54.6 Å². The van der Waals surface area contributed by atoms with E-state index in [-0.39, 0.29) is 18.8 Å². The Morgan fingerprint density at radius 3 is 2.34 bits per heavy atom. The number of ether oxygens (including phenoxy) is 3. The van der Waals surface area contributed by atoms with E-state index in [2.05, 4.69) is 65.6 Å². The maximum atomic E-state index is 6.79. The smallest absolute Gasteiger partial charge is 0.314 e. The third kappa shape index (κ3) is 2.31. The molecule has 2 aliphatic carbocycles. The average Bonchev–Trinajstić information content (AvgIpc) is 3.26. The minimum Gasteiger partial charge on any atom is -0.495 e. The molecule has 0 fully saturated rings. The maximum absolute atomic E-state index is 6.79. The summed E-state index contributed by atoms with van der Waals surface area (Å²) in [7, 11) is 0. The number of hydrogen-bond acceptors (Lipinski definition) is 5. The Kier molecular flexibility index (Phi) is 3.42. The highest BCUT2D eigenvalue weighted by molar-refractivity contribution is 8.03. The van der Waals surface area contributed by atoms with Crippen LogP contribution in [0.2, 0.25) is 0 Å². The summed E-state index contributed by atoms with van der Waals surface area (Å²) in [5, 5.41) is 0.842. The number of fused-ring (bicyclic) bond motifs is 6. The first-order valence-corrected chi connectivity index (χ1v) is 12.8. The summed E-state index contributed by atoms with van der Waals surface area (Å²) >= 11 is 1.71. The zero-order valence-electron chi connectivity index (χ0n) is 18.6. The van der Waals surface area contributed by atoms with Crippen LogP contribution in [0.15, 0.2) is 101 Å². The molecule has 4 aromatic rings. The SMILES string of the molecule is c1ccc(N2c3c4cc(c5c3B(C3=C(Oc6ccccc6O3)S5)C3Oc5ccccc5C32)C4)cc1. The lowest BCUT2D eigenvalue weighted by Crippen LogP contribution is -2.61. The predicted molar refractivity (Wildman–Crippen MR) is 137 cm³/mol. The van der Waals surface area contributed by atoms with Crippen molar-refractivity contribution in [2.24, 2.45) is 0 Å². The van der Waals surface area contributed by atoms with Gasteiger partial charge in [-0.3, -0.25) is 0 Å². The number of nitrogens with zero attached hydrogens (tertiary/aromatic N) is 1. The Labute approximate surface area is 207 Å². The Balaban J connectivity index is 1.33. The molecule has 4 nitrogen and oxygen atoms in total. The first-order chi connectivity index (χ1) is 17.3. The van der Waals surface area contributed by atoms with Gasteiger partial charge in [0.1, 0.15) is 17.4 Å². The molecule has 0 saturated heterocycles. The van der Waals surface area contributed by atoms with Gasteiger partial charge in [-0.05, 0) is 58.7 Å². The van der Waals surface area contributed by atoms with Crippen LogP contribution in [0, 0.1) is 0 Å². The van der Waals surface area contributed by atoms with Crippen LogP contribution in [0.1, 0.15) is 22.7 Å². The van der Waals surface area contributed by atoms with Gasteiger partial charge in [-0.25, -0.2) is 0 Å². The fraction of sp³-hybridized carbons (Fsp3) is 0.103. The van der Waals surface area contributed by atoms with Gasteiger partial charge in [0.25, 0.3) is 0 Å². The summed E-state index contributed by atoms with van der Waals surface area (Å²) in [4.78, 5) is 3.83. The van der Waals surface area contributed by atoms with Crippen LogP contribution in [-0.4, -0.2) is 12.7 Å². The van der Waals surface area contributed by atoms with E-state index in [1.807, 2.05) is 24.3 Å². The molecular weight excluding hydrogens is 453 g/mol. The van der Waals surface area contributed by atoms with Crippen LogP contribution in [0.4, 0.5) is 11.4 Å². The van der Waals surface area contributed by atoms with E-state index < -0.39 is 0 Å². The molecule has 0 radical (unpaired) electrons. The molecule has 2 atom stereocenters. The number of benzene rings is 4. The van der Waals surface area contributed by atoms with Crippen molar-refractivity contribution >= 4 is 35.3 Å². The zero-order valence-corrected chi connectivity index (χ0v) is 19.4. The van der Waals surface area contributed by atoms with Gasteiger partial charge in [0.15, 0.2) is 16.6 Å². The molecule has 0 aromatic heterocycles. The van der Waals surface area contributed by atoms with E-state index in [1.54, 1.807) is 11.8 Å². The van der Waals surface area contributed by atoms with Crippen molar-refractivity contribution in [3.05, 3.63) is 112 Å². The van der Waals surface area contributed by atoms with E-state index in [1.165, 1.54) is 38.4 Å². The lowest BCUT2D eigenvalue weighted by atomic mass is 9.35. The number of rotatable bonds is 1. The highest BCUT2D eigenvalue weighted by Crippen LogP contribution is 2.57. The first kappa shape index (κ1) is 18.5. The standard InChI is InChI=1S/C29H18BNO3S/c1-2-8-18(9-3-1)31-24-16-14-17(15-16)26-23(24)30(27-25(31)19-10-4-5-11-20(19)32-27)28-29(35-26)34-22-13-7-6-12-21(22)33-28/h1-14,25,27H,15H2. The largest absolute Gasteiger partial charge is 0.495 e. The summed E-state index contributed by atoms with van der Waals surface area (Å²) in [5.41, 5.74) is 8.73. The van der Waals surface area contributed by atoms with Crippen LogP contribution in [0.25, 0.3) is 0 Å². The Hall–Kier alpha value is -3.77. The maximum Gasteiger partial charge on any atom is 0.314 e. The molecule has 4 aliphatic heterocycles. The van der Waals surface area contributed by atoms with Crippen LogP contribution in [-0.2, 0) is 6.42 Å². The highest BCUT2D eigenvalue weighted by Gasteiger charge is 2.58. The molecule has 6 heteroatoms. The second kappa shape index (κ2) is 6.46. The second-order valence-corrected chi connectivity index (χ2v) is 10.6. The third-order valence-electron chi connectivity index (χ3n) is 7.78. The van der Waals surface area contributed by atoms with E-state index in [9.17, 15) is 0 Å². The van der Waals surface area contributed by atoms with Crippen molar-refractivity contribution < 1.29 is 14.2 Å². The zero-order chi connectivity index (χ0) is 22.7. The number of para-hydroxylation sites is 4. The molecule has 10 rings (SSSR count). The second-order valence-electron chi connectivity index (χ2n) is 9.62. The molecule has 4 aromatic carbocycles. The van der Waals surface area contributed by atoms with Crippen LogP contribution >= 0.6 is 11.8 Å². The fourth-order valence-corrected chi connectivity index (χ4v) is 7.52. The van der Waals surface area contributed by atoms with Crippen LogP contribution < -0.4 is 24.6 Å². The van der Waals surface area contributed by atoms with E-state index in [0.29, 0.717) is 0 Å². The van der Waals surface area contributed by atoms with Crippen molar-refractivity contribution in [3.8, 4) is 17.2 Å².